The molecule has 1 aliphatic heterocycles. The van der Waals surface area contributed by atoms with Crippen LogP contribution in [0.5, 0.6) is 0 Å². The Morgan fingerprint density at radius 2 is 1.97 bits per heavy atom. The number of aliphatic hydroxyl groups is 2. The van der Waals surface area contributed by atoms with Crippen molar-refractivity contribution < 1.29 is 38.8 Å². The van der Waals surface area contributed by atoms with Crippen LogP contribution in [-0.4, -0.2) is 77.8 Å². The molecule has 0 bridgehead atoms. The molecule has 35 heavy (non-hydrogen) atoms. The number of ether oxygens (including phenoxy) is 3. The molecule has 9 heteroatoms. The minimum absolute atomic E-state index is 0.0269. The van der Waals surface area contributed by atoms with Gasteiger partial charge in [-0.3, -0.25) is 9.59 Å². The van der Waals surface area contributed by atoms with E-state index in [1.54, 1.807) is 26.2 Å². The molecule has 1 aliphatic rings. The number of aliphatic hydroxyl groups excluding tert-OH is 1. The maximum atomic E-state index is 12.5. The van der Waals surface area contributed by atoms with E-state index in [2.05, 4.69) is 0 Å². The highest BCUT2D eigenvalue weighted by Gasteiger charge is 2.35. The number of amides is 1. The topological polar surface area (TPSA) is 123 Å². The van der Waals surface area contributed by atoms with Gasteiger partial charge >= 0.3 is 18.0 Å². The van der Waals surface area contributed by atoms with E-state index in [1.807, 2.05) is 39.0 Å². The molecule has 1 rings (SSSR count). The number of hydrogen-bond donors (Lipinski definition) is 2. The molecular formula is C26H41NO8. The van der Waals surface area contributed by atoms with Gasteiger partial charge in [0.05, 0.1) is 19.1 Å². The average molecular weight is 496 g/mol. The van der Waals surface area contributed by atoms with Gasteiger partial charge in [-0.1, -0.05) is 38.2 Å². The highest BCUT2D eigenvalue weighted by atomic mass is 16.6. The third-order valence-corrected chi connectivity index (χ3v) is 5.70. The molecular weight excluding hydrogens is 454 g/mol. The number of carbonyl (C=O) groups excluding carboxylic acids is 3. The number of allylic oxidation sites excluding steroid dienone is 2. The molecule has 198 valence electrons. The quantitative estimate of drug-likeness (QED) is 0.249. The van der Waals surface area contributed by atoms with Crippen LogP contribution in [0.1, 0.15) is 53.9 Å². The van der Waals surface area contributed by atoms with Crippen molar-refractivity contribution in [1.29, 1.82) is 0 Å². The number of cyclic esters (lactones) is 1. The summed E-state index contributed by atoms with van der Waals surface area (Å²) < 4.78 is 16.2. The van der Waals surface area contributed by atoms with Crippen LogP contribution in [0.25, 0.3) is 0 Å². The summed E-state index contributed by atoms with van der Waals surface area (Å²) in [7, 11) is 3.23. The molecule has 9 nitrogen and oxygen atoms in total. The van der Waals surface area contributed by atoms with Crippen molar-refractivity contribution >= 4 is 18.0 Å². The van der Waals surface area contributed by atoms with E-state index >= 15 is 0 Å². The largest absolute Gasteiger partial charge is 0.457 e. The first-order valence-electron chi connectivity index (χ1n) is 11.9. The molecule has 0 fully saturated rings. The average Bonchev–Trinajstić information content (AvgIpc) is 2.75. The fourth-order valence-electron chi connectivity index (χ4n) is 3.51. The summed E-state index contributed by atoms with van der Waals surface area (Å²) in [5.74, 6) is -1.41. The Bertz CT molecular complexity index is 814. The zero-order valence-corrected chi connectivity index (χ0v) is 21.9. The summed E-state index contributed by atoms with van der Waals surface area (Å²) in [6.07, 6.45) is 5.95. The Labute approximate surface area is 208 Å². The molecule has 0 saturated carbocycles. The summed E-state index contributed by atoms with van der Waals surface area (Å²) in [5, 5.41) is 21.2. The molecule has 0 aromatic rings. The van der Waals surface area contributed by atoms with E-state index in [0.29, 0.717) is 0 Å². The van der Waals surface area contributed by atoms with Gasteiger partial charge in [0.2, 0.25) is 0 Å². The second-order valence-corrected chi connectivity index (χ2v) is 9.68. The first kappa shape index (κ1) is 30.4. The molecule has 0 radical (unpaired) electrons. The lowest BCUT2D eigenvalue weighted by Gasteiger charge is -2.32. The van der Waals surface area contributed by atoms with E-state index in [9.17, 15) is 24.6 Å². The van der Waals surface area contributed by atoms with Crippen LogP contribution in [-0.2, 0) is 23.8 Å². The summed E-state index contributed by atoms with van der Waals surface area (Å²) in [6, 6.07) is 0. The first-order chi connectivity index (χ1) is 16.2. The SMILES string of the molecule is CC(=O)O[C@H]1/C=C/[C@H](C)[C@@H](/C(C)=C/C=C/C(C)COC(=O)N(C)C)OC(=O)C[C@@H](O)CC[C@]1(C)O. The highest BCUT2D eigenvalue weighted by molar-refractivity contribution is 5.70. The Morgan fingerprint density at radius 3 is 2.57 bits per heavy atom. The fraction of sp³-hybridized carbons (Fsp3) is 0.654. The van der Waals surface area contributed by atoms with Crippen molar-refractivity contribution in [2.45, 2.75) is 77.8 Å². The first-order valence-corrected chi connectivity index (χ1v) is 11.9. The van der Waals surface area contributed by atoms with Crippen LogP contribution < -0.4 is 0 Å². The van der Waals surface area contributed by atoms with E-state index in [0.717, 1.165) is 5.57 Å². The van der Waals surface area contributed by atoms with Crippen LogP contribution in [0.2, 0.25) is 0 Å². The number of esters is 2. The Kier molecular flexibility index (Phi) is 12.2. The summed E-state index contributed by atoms with van der Waals surface area (Å²) in [4.78, 5) is 37.0. The van der Waals surface area contributed by atoms with Crippen molar-refractivity contribution in [3.8, 4) is 0 Å². The molecule has 0 spiro atoms. The van der Waals surface area contributed by atoms with Crippen LogP contribution in [0.3, 0.4) is 0 Å². The smallest absolute Gasteiger partial charge is 0.409 e. The van der Waals surface area contributed by atoms with Crippen molar-refractivity contribution in [2.75, 3.05) is 20.7 Å². The van der Waals surface area contributed by atoms with Crippen molar-refractivity contribution in [3.63, 3.8) is 0 Å². The van der Waals surface area contributed by atoms with Gasteiger partial charge in [0.25, 0.3) is 0 Å². The maximum Gasteiger partial charge on any atom is 0.409 e. The van der Waals surface area contributed by atoms with Crippen LogP contribution in [0, 0.1) is 11.8 Å². The minimum Gasteiger partial charge on any atom is -0.457 e. The zero-order valence-electron chi connectivity index (χ0n) is 21.9. The van der Waals surface area contributed by atoms with Gasteiger partial charge < -0.3 is 29.3 Å². The Morgan fingerprint density at radius 1 is 1.31 bits per heavy atom. The molecule has 1 unspecified atom stereocenters. The van der Waals surface area contributed by atoms with E-state index in [4.69, 9.17) is 14.2 Å². The summed E-state index contributed by atoms with van der Waals surface area (Å²) >= 11 is 0. The standard InChI is InChI=1S/C26H41NO8/c1-17(16-33-25(31)27(6)7)9-8-10-18(2)24-19(3)11-12-22(34-20(4)28)26(5,32)14-13-21(29)15-23(30)35-24/h8-12,17,19,21-22,24,29,32H,13-16H2,1-7H3/b9-8+,12-11+,18-10+/t17?,19-,21-,22-,24+,26-/m0/s1. The number of rotatable bonds is 6. The van der Waals surface area contributed by atoms with Crippen molar-refractivity contribution in [3.05, 3.63) is 36.0 Å². The lowest BCUT2D eigenvalue weighted by Crippen LogP contribution is -2.42. The molecule has 6 atom stereocenters. The van der Waals surface area contributed by atoms with Crippen LogP contribution in [0.15, 0.2) is 36.0 Å². The van der Waals surface area contributed by atoms with Gasteiger partial charge in [-0.25, -0.2) is 4.79 Å². The van der Waals surface area contributed by atoms with Gasteiger partial charge in [0.15, 0.2) is 0 Å². The van der Waals surface area contributed by atoms with Gasteiger partial charge in [-0.15, -0.1) is 0 Å². The lowest BCUT2D eigenvalue weighted by atomic mass is 9.88. The molecule has 2 N–H and O–H groups in total. The van der Waals surface area contributed by atoms with E-state index < -0.39 is 41.9 Å². The number of carbonyl (C=O) groups is 3. The van der Waals surface area contributed by atoms with Gasteiger partial charge in [0.1, 0.15) is 17.8 Å². The van der Waals surface area contributed by atoms with E-state index in [-0.39, 0.29) is 37.7 Å². The molecule has 0 aromatic carbocycles. The highest BCUT2D eigenvalue weighted by Crippen LogP contribution is 2.26. The predicted molar refractivity (Wildman–Crippen MR) is 131 cm³/mol. The maximum absolute atomic E-state index is 12.5. The Hall–Kier alpha value is -2.65. The van der Waals surface area contributed by atoms with Crippen LogP contribution >= 0.6 is 0 Å². The van der Waals surface area contributed by atoms with Crippen LogP contribution in [0.4, 0.5) is 4.79 Å². The predicted octanol–water partition coefficient (Wildman–Crippen LogP) is 3.15. The molecule has 1 amide bonds. The third kappa shape index (κ3) is 11.1. The van der Waals surface area contributed by atoms with Gasteiger partial charge in [-0.05, 0) is 38.3 Å². The van der Waals surface area contributed by atoms with Crippen molar-refractivity contribution in [1.82, 2.24) is 4.90 Å². The molecule has 1 heterocycles. The molecule has 0 saturated heterocycles. The van der Waals surface area contributed by atoms with Gasteiger partial charge in [0, 0.05) is 32.9 Å². The summed E-state index contributed by atoms with van der Waals surface area (Å²) in [5.41, 5.74) is -0.659. The number of nitrogens with zero attached hydrogens (tertiary/aromatic N) is 1. The molecule has 0 aliphatic carbocycles. The summed E-state index contributed by atoms with van der Waals surface area (Å²) in [6.45, 7) is 8.62. The zero-order chi connectivity index (χ0) is 26.8. The normalized spacial score (nSPS) is 30.4. The van der Waals surface area contributed by atoms with Gasteiger partial charge in [-0.2, -0.15) is 0 Å². The van der Waals surface area contributed by atoms with E-state index in [1.165, 1.54) is 18.7 Å². The van der Waals surface area contributed by atoms with Crippen molar-refractivity contribution in [2.24, 2.45) is 11.8 Å². The monoisotopic (exact) mass is 495 g/mol. The second kappa shape index (κ2) is 14.0. The minimum atomic E-state index is -1.42. The Balaban J connectivity index is 3.09. The number of hydrogen-bond acceptors (Lipinski definition) is 8. The third-order valence-electron chi connectivity index (χ3n) is 5.70. The molecule has 0 aromatic heterocycles. The fourth-order valence-corrected chi connectivity index (χ4v) is 3.51. The second-order valence-electron chi connectivity index (χ2n) is 9.68. The lowest BCUT2D eigenvalue weighted by molar-refractivity contribution is -0.157.